The summed E-state index contributed by atoms with van der Waals surface area (Å²) in [5.41, 5.74) is 4.95. The Hall–Kier alpha value is -2.75. The molecule has 0 saturated carbocycles. The second-order valence-corrected chi connectivity index (χ2v) is 7.15. The normalized spacial score (nSPS) is 22.4. The van der Waals surface area contributed by atoms with Gasteiger partial charge in [-0.2, -0.15) is 0 Å². The van der Waals surface area contributed by atoms with Gasteiger partial charge in [0, 0.05) is 29.7 Å². The number of amides is 2. The van der Waals surface area contributed by atoms with Crippen LogP contribution >= 0.6 is 0 Å². The van der Waals surface area contributed by atoms with Crippen molar-refractivity contribution in [3.05, 3.63) is 71.4 Å². The molecule has 1 N–H and O–H groups in total. The number of aromatic nitrogens is 1. The fourth-order valence-electron chi connectivity index (χ4n) is 4.49. The minimum atomic E-state index is 0.0921. The molecule has 0 aliphatic carbocycles. The maximum absolute atomic E-state index is 13.0. The number of carbonyl (C=O) groups excluding carboxylic acids is 1. The molecule has 2 aliphatic heterocycles. The van der Waals surface area contributed by atoms with Gasteiger partial charge in [0.15, 0.2) is 0 Å². The summed E-state index contributed by atoms with van der Waals surface area (Å²) in [4.78, 5) is 20.6. The van der Waals surface area contributed by atoms with Crippen LogP contribution < -0.4 is 0 Å². The molecule has 2 amide bonds. The lowest BCUT2D eigenvalue weighted by Gasteiger charge is -2.34. The minimum Gasteiger partial charge on any atom is -0.356 e. The number of fused-ring (bicyclic) bond motifs is 4. The van der Waals surface area contributed by atoms with Crippen LogP contribution in [0.15, 0.2) is 54.6 Å². The molecule has 3 aromatic rings. The number of H-pyrrole nitrogens is 1. The Morgan fingerprint density at radius 3 is 2.68 bits per heavy atom. The summed E-state index contributed by atoms with van der Waals surface area (Å²) >= 11 is 0. The first kappa shape index (κ1) is 14.6. The first-order valence-corrected chi connectivity index (χ1v) is 8.93. The molecule has 1 fully saturated rings. The van der Waals surface area contributed by atoms with Crippen molar-refractivity contribution in [3.63, 3.8) is 0 Å². The zero-order valence-corrected chi connectivity index (χ0v) is 14.3. The molecule has 2 aliphatic rings. The number of benzene rings is 2. The van der Waals surface area contributed by atoms with Crippen LogP contribution in [0.25, 0.3) is 10.9 Å². The van der Waals surface area contributed by atoms with E-state index in [1.165, 1.54) is 27.7 Å². The second-order valence-electron chi connectivity index (χ2n) is 7.15. The van der Waals surface area contributed by atoms with Crippen molar-refractivity contribution in [2.45, 2.75) is 32.0 Å². The fraction of sp³-hybridized carbons (Fsp3) is 0.286. The average molecular weight is 331 g/mol. The molecule has 1 aromatic heterocycles. The van der Waals surface area contributed by atoms with Gasteiger partial charge in [0.2, 0.25) is 0 Å². The van der Waals surface area contributed by atoms with Gasteiger partial charge in [0.05, 0.1) is 12.1 Å². The summed E-state index contributed by atoms with van der Waals surface area (Å²) in [7, 11) is 0. The number of carbonyl (C=O) groups is 1. The number of nitrogens with one attached hydrogen (secondary N) is 1. The lowest BCUT2D eigenvalue weighted by Crippen LogP contribution is -2.41. The highest BCUT2D eigenvalue weighted by molar-refractivity contribution is 5.86. The van der Waals surface area contributed by atoms with E-state index in [0.717, 1.165) is 13.0 Å². The number of aromatic amines is 1. The standard InChI is InChI=1S/C21H21N3O/c1-14-20-18(17-9-5-6-10-19(17)22-20)11-16-13-23(21(25)24(14)16)12-15-7-3-2-4-8-15/h2-10,14,16,22H,11-13H2,1H3. The lowest BCUT2D eigenvalue weighted by molar-refractivity contribution is 0.162. The third kappa shape index (κ3) is 2.17. The Bertz CT molecular complexity index is 946. The number of hydrogen-bond acceptors (Lipinski definition) is 1. The van der Waals surface area contributed by atoms with Crippen LogP contribution in [0.3, 0.4) is 0 Å². The van der Waals surface area contributed by atoms with Gasteiger partial charge in [-0.05, 0) is 30.5 Å². The molecular weight excluding hydrogens is 310 g/mol. The van der Waals surface area contributed by atoms with Gasteiger partial charge in [0.25, 0.3) is 0 Å². The molecule has 2 unspecified atom stereocenters. The number of nitrogens with zero attached hydrogens (tertiary/aromatic N) is 2. The van der Waals surface area contributed by atoms with Gasteiger partial charge < -0.3 is 14.8 Å². The van der Waals surface area contributed by atoms with E-state index in [1.807, 2.05) is 23.1 Å². The van der Waals surface area contributed by atoms with Gasteiger partial charge in [-0.1, -0.05) is 48.5 Å². The quantitative estimate of drug-likeness (QED) is 0.755. The Kier molecular flexibility index (Phi) is 3.14. The molecule has 5 rings (SSSR count). The van der Waals surface area contributed by atoms with E-state index in [1.54, 1.807) is 0 Å². The predicted octanol–water partition coefficient (Wildman–Crippen LogP) is 4.09. The Balaban J connectivity index is 1.47. The summed E-state index contributed by atoms with van der Waals surface area (Å²) < 4.78 is 0. The van der Waals surface area contributed by atoms with E-state index in [0.29, 0.717) is 6.54 Å². The van der Waals surface area contributed by atoms with Crippen LogP contribution in [0.2, 0.25) is 0 Å². The van der Waals surface area contributed by atoms with Gasteiger partial charge >= 0.3 is 6.03 Å². The lowest BCUT2D eigenvalue weighted by atomic mass is 9.93. The van der Waals surface area contributed by atoms with Gasteiger partial charge in [-0.15, -0.1) is 0 Å². The van der Waals surface area contributed by atoms with Crippen molar-refractivity contribution < 1.29 is 4.79 Å². The summed E-state index contributed by atoms with van der Waals surface area (Å²) in [6.45, 7) is 3.63. The van der Waals surface area contributed by atoms with Crippen LogP contribution in [0, 0.1) is 0 Å². The highest BCUT2D eigenvalue weighted by Crippen LogP contribution is 2.40. The monoisotopic (exact) mass is 331 g/mol. The van der Waals surface area contributed by atoms with Gasteiger partial charge in [-0.25, -0.2) is 4.79 Å². The van der Waals surface area contributed by atoms with Crippen LogP contribution in [-0.2, 0) is 13.0 Å². The van der Waals surface area contributed by atoms with Crippen molar-refractivity contribution >= 4 is 16.9 Å². The smallest absolute Gasteiger partial charge is 0.321 e. The van der Waals surface area contributed by atoms with Gasteiger partial charge in [-0.3, -0.25) is 0 Å². The van der Waals surface area contributed by atoms with Gasteiger partial charge in [0.1, 0.15) is 0 Å². The summed E-state index contributed by atoms with van der Waals surface area (Å²) in [6.07, 6.45) is 0.931. The maximum Gasteiger partial charge on any atom is 0.321 e. The minimum absolute atomic E-state index is 0.0921. The van der Waals surface area contributed by atoms with Crippen LogP contribution in [0.1, 0.15) is 29.8 Å². The van der Waals surface area contributed by atoms with E-state index >= 15 is 0 Å². The highest BCUT2D eigenvalue weighted by atomic mass is 16.2. The number of urea groups is 1. The van der Waals surface area contributed by atoms with Crippen LogP contribution in [0.5, 0.6) is 0 Å². The third-order valence-electron chi connectivity index (χ3n) is 5.65. The molecule has 0 radical (unpaired) electrons. The van der Waals surface area contributed by atoms with Crippen LogP contribution in [0.4, 0.5) is 4.79 Å². The SMILES string of the molecule is CC1c2[nH]c3ccccc3c2CC2CN(Cc3ccccc3)C(=O)N21. The third-order valence-corrected chi connectivity index (χ3v) is 5.65. The van der Waals surface area contributed by atoms with Crippen molar-refractivity contribution in [1.29, 1.82) is 0 Å². The largest absolute Gasteiger partial charge is 0.356 e. The number of hydrogen-bond donors (Lipinski definition) is 1. The molecule has 2 aromatic carbocycles. The van der Waals surface area contributed by atoms with E-state index in [2.05, 4.69) is 53.2 Å². The molecular formula is C21H21N3O. The van der Waals surface area contributed by atoms with Crippen molar-refractivity contribution in [2.75, 3.05) is 6.54 Å². The molecule has 4 nitrogen and oxygen atoms in total. The van der Waals surface area contributed by atoms with Crippen molar-refractivity contribution in [3.8, 4) is 0 Å². The Morgan fingerprint density at radius 2 is 1.84 bits per heavy atom. The van der Waals surface area contributed by atoms with E-state index in [-0.39, 0.29) is 18.1 Å². The molecule has 0 spiro atoms. The molecule has 0 bridgehead atoms. The maximum atomic E-state index is 13.0. The average Bonchev–Trinajstić information content (AvgIpc) is 3.15. The second kappa shape index (κ2) is 5.38. The van der Waals surface area contributed by atoms with Crippen LogP contribution in [-0.4, -0.2) is 33.4 Å². The topological polar surface area (TPSA) is 39.3 Å². The van der Waals surface area contributed by atoms with Crippen molar-refractivity contribution in [2.24, 2.45) is 0 Å². The molecule has 25 heavy (non-hydrogen) atoms. The first-order chi connectivity index (χ1) is 12.2. The molecule has 1 saturated heterocycles. The number of para-hydroxylation sites is 1. The molecule has 4 heteroatoms. The van der Waals surface area contributed by atoms with Crippen molar-refractivity contribution in [1.82, 2.24) is 14.8 Å². The predicted molar refractivity (Wildman–Crippen MR) is 98.3 cm³/mol. The molecule has 2 atom stereocenters. The highest BCUT2D eigenvalue weighted by Gasteiger charge is 2.44. The Labute approximate surface area is 147 Å². The fourth-order valence-corrected chi connectivity index (χ4v) is 4.49. The molecule has 126 valence electrons. The summed E-state index contributed by atoms with van der Waals surface area (Å²) in [5.74, 6) is 0. The first-order valence-electron chi connectivity index (χ1n) is 8.93. The Morgan fingerprint density at radius 1 is 1.08 bits per heavy atom. The molecule has 3 heterocycles. The van der Waals surface area contributed by atoms with E-state index in [4.69, 9.17) is 0 Å². The zero-order valence-electron chi connectivity index (χ0n) is 14.3. The summed E-state index contributed by atoms with van der Waals surface area (Å²) in [6, 6.07) is 19.2. The van der Waals surface area contributed by atoms with E-state index in [9.17, 15) is 4.79 Å². The number of rotatable bonds is 2. The zero-order chi connectivity index (χ0) is 17.0. The summed E-state index contributed by atoms with van der Waals surface area (Å²) in [5, 5.41) is 1.30. The van der Waals surface area contributed by atoms with E-state index < -0.39 is 0 Å².